The number of benzene rings is 2. The topological polar surface area (TPSA) is 59.1 Å². The van der Waals surface area contributed by atoms with Gasteiger partial charge in [-0.1, -0.05) is 41.9 Å². The standard InChI is InChI=1S/C19H15ClN2O2S/c1-12(23)14-7-8-16(20)17(9-14)22-18(24)10-15-11-25-19(21-15)13-5-3-2-4-6-13/h2-9,11H,10H2,1H3,(H,22,24). The lowest BCUT2D eigenvalue weighted by atomic mass is 10.1. The highest BCUT2D eigenvalue weighted by molar-refractivity contribution is 7.13. The molecular weight excluding hydrogens is 356 g/mol. The van der Waals surface area contributed by atoms with Gasteiger partial charge in [0.05, 0.1) is 22.8 Å². The van der Waals surface area contributed by atoms with Crippen LogP contribution in [0.25, 0.3) is 10.6 Å². The first-order valence-corrected chi connectivity index (χ1v) is 8.89. The predicted molar refractivity (Wildman–Crippen MR) is 101 cm³/mol. The molecule has 0 aliphatic rings. The molecule has 0 spiro atoms. The second-order valence-corrected chi connectivity index (χ2v) is 6.75. The Balaban J connectivity index is 1.70. The Morgan fingerprint density at radius 2 is 1.92 bits per heavy atom. The minimum atomic E-state index is -0.229. The van der Waals surface area contributed by atoms with Gasteiger partial charge in [-0.3, -0.25) is 9.59 Å². The number of nitrogens with one attached hydrogen (secondary N) is 1. The number of halogens is 1. The van der Waals surface area contributed by atoms with Crippen molar-refractivity contribution in [3.63, 3.8) is 0 Å². The molecule has 0 unspecified atom stereocenters. The molecule has 1 heterocycles. The van der Waals surface area contributed by atoms with E-state index in [1.165, 1.54) is 18.3 Å². The SMILES string of the molecule is CC(=O)c1ccc(Cl)c(NC(=O)Cc2csc(-c3ccccc3)n2)c1. The molecular formula is C19H15ClN2O2S. The monoisotopic (exact) mass is 370 g/mol. The molecule has 0 aliphatic heterocycles. The van der Waals surface area contributed by atoms with E-state index in [1.807, 2.05) is 35.7 Å². The molecule has 3 aromatic rings. The summed E-state index contributed by atoms with van der Waals surface area (Å²) in [5, 5.41) is 5.88. The quantitative estimate of drug-likeness (QED) is 0.653. The summed E-state index contributed by atoms with van der Waals surface area (Å²) in [7, 11) is 0. The van der Waals surface area contributed by atoms with Crippen LogP contribution in [0, 0.1) is 0 Å². The molecule has 0 fully saturated rings. The molecule has 0 aliphatic carbocycles. The molecule has 3 rings (SSSR count). The van der Waals surface area contributed by atoms with E-state index in [1.54, 1.807) is 18.2 Å². The molecule has 0 saturated carbocycles. The van der Waals surface area contributed by atoms with Crippen LogP contribution in [0.3, 0.4) is 0 Å². The van der Waals surface area contributed by atoms with Gasteiger partial charge in [0.1, 0.15) is 5.01 Å². The van der Waals surface area contributed by atoms with Crippen LogP contribution in [-0.4, -0.2) is 16.7 Å². The van der Waals surface area contributed by atoms with Crippen LogP contribution in [-0.2, 0) is 11.2 Å². The summed E-state index contributed by atoms with van der Waals surface area (Å²) >= 11 is 7.59. The third-order valence-electron chi connectivity index (χ3n) is 3.56. The second-order valence-electron chi connectivity index (χ2n) is 5.49. The normalized spacial score (nSPS) is 10.5. The maximum atomic E-state index is 12.3. The number of thiazole rings is 1. The van der Waals surface area contributed by atoms with E-state index < -0.39 is 0 Å². The summed E-state index contributed by atoms with van der Waals surface area (Å²) in [6.45, 7) is 1.47. The molecule has 0 saturated heterocycles. The fourth-order valence-corrected chi connectivity index (χ4v) is 3.29. The van der Waals surface area contributed by atoms with Crippen LogP contribution in [0.15, 0.2) is 53.9 Å². The van der Waals surface area contributed by atoms with Gasteiger partial charge in [0.15, 0.2) is 5.78 Å². The highest BCUT2D eigenvalue weighted by Crippen LogP contribution is 2.25. The van der Waals surface area contributed by atoms with Gasteiger partial charge in [0.2, 0.25) is 5.91 Å². The summed E-state index contributed by atoms with van der Waals surface area (Å²) in [4.78, 5) is 28.2. The van der Waals surface area contributed by atoms with Gasteiger partial charge < -0.3 is 5.32 Å². The van der Waals surface area contributed by atoms with E-state index in [0.717, 1.165) is 10.6 Å². The van der Waals surface area contributed by atoms with Gasteiger partial charge in [-0.05, 0) is 25.1 Å². The lowest BCUT2D eigenvalue weighted by molar-refractivity contribution is -0.115. The number of carbonyl (C=O) groups excluding carboxylic acids is 2. The van der Waals surface area contributed by atoms with Crippen molar-refractivity contribution < 1.29 is 9.59 Å². The molecule has 126 valence electrons. The van der Waals surface area contributed by atoms with Gasteiger partial charge in [-0.25, -0.2) is 4.98 Å². The maximum absolute atomic E-state index is 12.3. The third-order valence-corrected chi connectivity index (χ3v) is 4.83. The Morgan fingerprint density at radius 3 is 2.64 bits per heavy atom. The minimum absolute atomic E-state index is 0.0841. The van der Waals surface area contributed by atoms with Crippen molar-refractivity contribution in [2.45, 2.75) is 13.3 Å². The van der Waals surface area contributed by atoms with E-state index in [2.05, 4.69) is 10.3 Å². The maximum Gasteiger partial charge on any atom is 0.230 e. The van der Waals surface area contributed by atoms with E-state index in [9.17, 15) is 9.59 Å². The number of anilines is 1. The largest absolute Gasteiger partial charge is 0.324 e. The van der Waals surface area contributed by atoms with Crippen LogP contribution in [0.2, 0.25) is 5.02 Å². The molecule has 2 aromatic carbocycles. The lowest BCUT2D eigenvalue weighted by Gasteiger charge is -2.08. The van der Waals surface area contributed by atoms with Crippen LogP contribution in [0.1, 0.15) is 23.0 Å². The molecule has 0 bridgehead atoms. The van der Waals surface area contributed by atoms with Crippen LogP contribution >= 0.6 is 22.9 Å². The molecule has 0 atom stereocenters. The Hall–Kier alpha value is -2.50. The Kier molecular flexibility index (Phi) is 5.26. The zero-order chi connectivity index (χ0) is 17.8. The number of aromatic nitrogens is 1. The molecule has 1 N–H and O–H groups in total. The van der Waals surface area contributed by atoms with Crippen molar-refractivity contribution in [2.24, 2.45) is 0 Å². The van der Waals surface area contributed by atoms with Gasteiger partial charge in [0, 0.05) is 16.5 Å². The Bertz CT molecular complexity index is 922. The van der Waals surface area contributed by atoms with Crippen molar-refractivity contribution in [1.29, 1.82) is 0 Å². The number of amides is 1. The predicted octanol–water partition coefficient (Wildman–Crippen LogP) is 4.85. The summed E-state index contributed by atoms with van der Waals surface area (Å²) in [6.07, 6.45) is 0.143. The number of hydrogen-bond donors (Lipinski definition) is 1. The summed E-state index contributed by atoms with van der Waals surface area (Å²) in [5.74, 6) is -0.313. The molecule has 25 heavy (non-hydrogen) atoms. The van der Waals surface area contributed by atoms with Crippen LogP contribution < -0.4 is 5.32 Å². The molecule has 6 heteroatoms. The van der Waals surface area contributed by atoms with Crippen LogP contribution in [0.5, 0.6) is 0 Å². The summed E-state index contributed by atoms with van der Waals surface area (Å²) in [5.41, 5.74) is 2.65. The highest BCUT2D eigenvalue weighted by Gasteiger charge is 2.12. The van der Waals surface area contributed by atoms with Gasteiger partial charge in [-0.2, -0.15) is 0 Å². The van der Waals surface area contributed by atoms with Crippen molar-refractivity contribution in [3.8, 4) is 10.6 Å². The third kappa shape index (κ3) is 4.32. The average Bonchev–Trinajstić information content (AvgIpc) is 3.06. The first-order chi connectivity index (χ1) is 12.0. The molecule has 0 radical (unpaired) electrons. The number of nitrogens with zero attached hydrogens (tertiary/aromatic N) is 1. The fourth-order valence-electron chi connectivity index (χ4n) is 2.30. The Labute approximate surface area is 154 Å². The number of hydrogen-bond acceptors (Lipinski definition) is 4. The summed E-state index contributed by atoms with van der Waals surface area (Å²) < 4.78 is 0. The van der Waals surface area contributed by atoms with E-state index in [0.29, 0.717) is 22.0 Å². The minimum Gasteiger partial charge on any atom is -0.324 e. The van der Waals surface area contributed by atoms with Crippen molar-refractivity contribution in [1.82, 2.24) is 4.98 Å². The van der Waals surface area contributed by atoms with Crippen LogP contribution in [0.4, 0.5) is 5.69 Å². The van der Waals surface area contributed by atoms with E-state index in [4.69, 9.17) is 11.6 Å². The van der Waals surface area contributed by atoms with Gasteiger partial charge in [0.25, 0.3) is 0 Å². The lowest BCUT2D eigenvalue weighted by Crippen LogP contribution is -2.15. The highest BCUT2D eigenvalue weighted by atomic mass is 35.5. The van der Waals surface area contributed by atoms with Gasteiger partial charge >= 0.3 is 0 Å². The zero-order valence-electron chi connectivity index (χ0n) is 13.5. The van der Waals surface area contributed by atoms with Gasteiger partial charge in [-0.15, -0.1) is 11.3 Å². The second kappa shape index (κ2) is 7.59. The molecule has 1 amide bonds. The summed E-state index contributed by atoms with van der Waals surface area (Å²) in [6, 6.07) is 14.6. The Morgan fingerprint density at radius 1 is 1.16 bits per heavy atom. The van der Waals surface area contributed by atoms with Crippen molar-refractivity contribution in [3.05, 3.63) is 70.2 Å². The average molecular weight is 371 g/mol. The number of carbonyl (C=O) groups is 2. The van der Waals surface area contributed by atoms with E-state index >= 15 is 0 Å². The van der Waals surface area contributed by atoms with E-state index in [-0.39, 0.29) is 18.1 Å². The zero-order valence-corrected chi connectivity index (χ0v) is 15.0. The first-order valence-electron chi connectivity index (χ1n) is 7.63. The first kappa shape index (κ1) is 17.3. The molecule has 4 nitrogen and oxygen atoms in total. The molecule has 1 aromatic heterocycles. The number of Topliss-reactive ketones (excluding diaryl/α,β-unsaturated/α-hetero) is 1. The number of ketones is 1. The van der Waals surface area contributed by atoms with Crippen molar-refractivity contribution in [2.75, 3.05) is 5.32 Å². The smallest absolute Gasteiger partial charge is 0.230 e. The number of rotatable bonds is 5. The fraction of sp³-hybridized carbons (Fsp3) is 0.105. The van der Waals surface area contributed by atoms with Crippen molar-refractivity contribution >= 4 is 40.3 Å².